The lowest BCUT2D eigenvalue weighted by Crippen LogP contribution is -2.60. The highest BCUT2D eigenvalue weighted by Gasteiger charge is 2.39. The van der Waals surface area contributed by atoms with Crippen molar-refractivity contribution in [3.05, 3.63) is 64.1 Å². The molecular weight excluding hydrogens is 507 g/mol. The molecule has 0 saturated carbocycles. The zero-order chi connectivity index (χ0) is 23.8. The monoisotopic (exact) mass is 528 g/mol. The Kier molecular flexibility index (Phi) is 7.09. The van der Waals surface area contributed by atoms with Crippen LogP contribution in [0.25, 0.3) is 0 Å². The zero-order valence-electron chi connectivity index (χ0n) is 17.8. The second kappa shape index (κ2) is 9.70. The molecule has 3 heterocycles. The molecule has 3 atom stereocenters. The number of benzene rings is 1. The lowest BCUT2D eigenvalue weighted by atomic mass is 9.83. The number of methoxy groups -OCH3 is 1. The van der Waals surface area contributed by atoms with Gasteiger partial charge in [0.15, 0.2) is 5.11 Å². The largest absolute Gasteiger partial charge is 0.497 e. The van der Waals surface area contributed by atoms with E-state index >= 15 is 0 Å². The standard InChI is InChI=1S/C22H23Cl3N4O3S/c1-32-16-7-5-14(6-8-16)19(31)26-20(22(23,24)25)27-21(33)28-10-13-9-15(12-28)17-3-2-4-18(30)29(17)11-13/h2-8,13,15,20H,9-12H2,1H3,(H,26,31)(H,27,33). The molecule has 0 radical (unpaired) electrons. The second-order valence-electron chi connectivity index (χ2n) is 8.23. The summed E-state index contributed by atoms with van der Waals surface area (Å²) in [5, 5.41) is 6.10. The minimum atomic E-state index is -1.85. The van der Waals surface area contributed by atoms with Crippen LogP contribution in [0.3, 0.4) is 0 Å². The first-order chi connectivity index (χ1) is 15.7. The predicted molar refractivity (Wildman–Crippen MR) is 133 cm³/mol. The minimum Gasteiger partial charge on any atom is -0.497 e. The average molecular weight is 530 g/mol. The number of ether oxygens (including phenoxy) is 1. The number of likely N-dealkylation sites (tertiary alicyclic amines) is 1. The highest BCUT2D eigenvalue weighted by Crippen LogP contribution is 2.35. The Morgan fingerprint density at radius 1 is 1.12 bits per heavy atom. The van der Waals surface area contributed by atoms with Crippen molar-refractivity contribution < 1.29 is 9.53 Å². The summed E-state index contributed by atoms with van der Waals surface area (Å²) in [6.07, 6.45) is -0.0636. The van der Waals surface area contributed by atoms with Gasteiger partial charge in [-0.05, 0) is 54.9 Å². The number of piperidine rings is 1. The Hall–Kier alpha value is -2.00. The molecular formula is C22H23Cl3N4O3S. The maximum Gasteiger partial charge on any atom is 0.252 e. The minimum absolute atomic E-state index is 0.0221. The Morgan fingerprint density at radius 3 is 2.52 bits per heavy atom. The van der Waals surface area contributed by atoms with Crippen LogP contribution in [0.1, 0.15) is 28.4 Å². The second-order valence-corrected chi connectivity index (χ2v) is 11.0. The smallest absolute Gasteiger partial charge is 0.252 e. The number of fused-ring (bicyclic) bond motifs is 4. The summed E-state index contributed by atoms with van der Waals surface area (Å²) in [4.78, 5) is 27.0. The Labute approximate surface area is 211 Å². The van der Waals surface area contributed by atoms with E-state index in [-0.39, 0.29) is 17.4 Å². The van der Waals surface area contributed by atoms with E-state index in [4.69, 9.17) is 51.8 Å². The summed E-state index contributed by atoms with van der Waals surface area (Å²) in [6, 6.07) is 11.9. The van der Waals surface area contributed by atoms with Crippen molar-refractivity contribution in [2.24, 2.45) is 5.92 Å². The molecule has 3 unspecified atom stereocenters. The molecule has 176 valence electrons. The van der Waals surface area contributed by atoms with Crippen LogP contribution in [0.5, 0.6) is 5.75 Å². The number of nitrogens with one attached hydrogen (secondary N) is 2. The third-order valence-electron chi connectivity index (χ3n) is 5.99. The van der Waals surface area contributed by atoms with Gasteiger partial charge in [0.2, 0.25) is 3.79 Å². The van der Waals surface area contributed by atoms with Crippen molar-refractivity contribution in [1.29, 1.82) is 0 Å². The van der Waals surface area contributed by atoms with E-state index in [0.717, 1.165) is 12.1 Å². The number of hydrogen-bond acceptors (Lipinski definition) is 4. The van der Waals surface area contributed by atoms with Gasteiger partial charge >= 0.3 is 0 Å². The van der Waals surface area contributed by atoms with Crippen LogP contribution in [-0.2, 0) is 6.54 Å². The van der Waals surface area contributed by atoms with Gasteiger partial charge in [0.05, 0.1) is 7.11 Å². The number of hydrogen-bond donors (Lipinski definition) is 2. The van der Waals surface area contributed by atoms with E-state index in [9.17, 15) is 9.59 Å². The number of rotatable bonds is 4. The number of thiocarbonyl (C=S) groups is 1. The topological polar surface area (TPSA) is 75.6 Å². The number of carbonyl (C=O) groups is 1. The van der Waals surface area contributed by atoms with Crippen molar-refractivity contribution >= 4 is 58.0 Å². The summed E-state index contributed by atoms with van der Waals surface area (Å²) in [7, 11) is 1.55. The van der Waals surface area contributed by atoms with Gasteiger partial charge in [0.1, 0.15) is 11.9 Å². The fourth-order valence-electron chi connectivity index (χ4n) is 4.43. The van der Waals surface area contributed by atoms with Gasteiger partial charge in [-0.1, -0.05) is 40.9 Å². The van der Waals surface area contributed by atoms with Crippen molar-refractivity contribution in [2.75, 3.05) is 20.2 Å². The highest BCUT2D eigenvalue weighted by molar-refractivity contribution is 7.80. The van der Waals surface area contributed by atoms with Gasteiger partial charge in [0.25, 0.3) is 11.5 Å². The molecule has 2 aliphatic rings. The van der Waals surface area contributed by atoms with Crippen LogP contribution in [0.2, 0.25) is 0 Å². The summed E-state index contributed by atoms with van der Waals surface area (Å²) >= 11 is 24.1. The van der Waals surface area contributed by atoms with Crippen LogP contribution in [-0.4, -0.2) is 50.6 Å². The van der Waals surface area contributed by atoms with E-state index < -0.39 is 15.9 Å². The first-order valence-corrected chi connectivity index (χ1v) is 12.0. The lowest BCUT2D eigenvalue weighted by Gasteiger charge is -2.44. The highest BCUT2D eigenvalue weighted by atomic mass is 35.6. The van der Waals surface area contributed by atoms with E-state index in [0.29, 0.717) is 36.1 Å². The van der Waals surface area contributed by atoms with Gasteiger partial charge in [-0.2, -0.15) is 0 Å². The van der Waals surface area contributed by atoms with Gasteiger partial charge in [-0.25, -0.2) is 0 Å². The summed E-state index contributed by atoms with van der Waals surface area (Å²) in [5.41, 5.74) is 1.42. The predicted octanol–water partition coefficient (Wildman–Crippen LogP) is 3.28. The van der Waals surface area contributed by atoms with Crippen LogP contribution >= 0.6 is 47.0 Å². The molecule has 2 N–H and O–H groups in total. The maximum atomic E-state index is 12.7. The van der Waals surface area contributed by atoms with Crippen molar-refractivity contribution in [2.45, 2.75) is 28.8 Å². The quantitative estimate of drug-likeness (QED) is 0.360. The van der Waals surface area contributed by atoms with Crippen LogP contribution in [0.4, 0.5) is 0 Å². The number of aromatic nitrogens is 1. The molecule has 2 aliphatic heterocycles. The molecule has 1 saturated heterocycles. The van der Waals surface area contributed by atoms with E-state index in [1.807, 2.05) is 15.5 Å². The van der Waals surface area contributed by atoms with Crippen LogP contribution in [0, 0.1) is 5.92 Å². The van der Waals surface area contributed by atoms with Crippen LogP contribution in [0.15, 0.2) is 47.3 Å². The lowest BCUT2D eigenvalue weighted by molar-refractivity contribution is 0.0932. The SMILES string of the molecule is COc1ccc(C(=O)NC(NC(=S)N2CC3CC(C2)c2cccc(=O)n2C3)C(Cl)(Cl)Cl)cc1. The molecule has 4 rings (SSSR count). The first kappa shape index (κ1) is 24.1. The Bertz CT molecular complexity index is 1100. The number of nitrogens with zero attached hydrogens (tertiary/aromatic N) is 2. The molecule has 0 spiro atoms. The third kappa shape index (κ3) is 5.40. The van der Waals surface area contributed by atoms with Gasteiger partial charge in [-0.3, -0.25) is 9.59 Å². The fourth-order valence-corrected chi connectivity index (χ4v) is 5.03. The molecule has 11 heteroatoms. The number of pyridine rings is 1. The third-order valence-corrected chi connectivity index (χ3v) is 7.02. The molecule has 1 aromatic heterocycles. The van der Waals surface area contributed by atoms with Crippen molar-refractivity contribution in [3.8, 4) is 5.75 Å². The van der Waals surface area contributed by atoms with Gasteiger partial charge in [-0.15, -0.1) is 0 Å². The Morgan fingerprint density at radius 2 is 1.85 bits per heavy atom. The van der Waals surface area contributed by atoms with Crippen LogP contribution < -0.4 is 20.9 Å². The molecule has 7 nitrogen and oxygen atoms in total. The fraction of sp³-hybridized carbons (Fsp3) is 0.409. The Balaban J connectivity index is 1.45. The first-order valence-electron chi connectivity index (χ1n) is 10.4. The van der Waals surface area contributed by atoms with Gasteiger partial charge < -0.3 is 24.8 Å². The van der Waals surface area contributed by atoms with Crippen molar-refractivity contribution in [1.82, 2.24) is 20.1 Å². The number of alkyl halides is 3. The molecule has 1 fully saturated rings. The van der Waals surface area contributed by atoms with E-state index in [2.05, 4.69) is 10.6 Å². The summed E-state index contributed by atoms with van der Waals surface area (Å²) < 4.78 is 5.12. The molecule has 1 amide bonds. The maximum absolute atomic E-state index is 12.7. The molecule has 1 aromatic carbocycles. The number of carbonyl (C=O) groups excluding carboxylic acids is 1. The summed E-state index contributed by atoms with van der Waals surface area (Å²) in [5.74, 6) is 0.652. The zero-order valence-corrected chi connectivity index (χ0v) is 20.8. The summed E-state index contributed by atoms with van der Waals surface area (Å²) in [6.45, 7) is 1.94. The van der Waals surface area contributed by atoms with E-state index in [1.165, 1.54) is 0 Å². The number of amides is 1. The normalized spacial score (nSPS) is 20.4. The number of halogens is 3. The molecule has 33 heavy (non-hydrogen) atoms. The van der Waals surface area contributed by atoms with Gasteiger partial charge in [0, 0.05) is 42.9 Å². The van der Waals surface area contributed by atoms with Crippen molar-refractivity contribution in [3.63, 3.8) is 0 Å². The van der Waals surface area contributed by atoms with E-state index in [1.54, 1.807) is 43.5 Å². The molecule has 2 aromatic rings. The molecule has 2 bridgehead atoms. The molecule has 0 aliphatic carbocycles. The average Bonchev–Trinajstić information content (AvgIpc) is 2.78.